The smallest absolute Gasteiger partial charge is 0.122 e. The van der Waals surface area contributed by atoms with Crippen LogP contribution < -0.4 is 10.5 Å². The third-order valence-electron chi connectivity index (χ3n) is 4.18. The Kier molecular flexibility index (Phi) is 8.40. The molecule has 0 aliphatic carbocycles. The average Bonchev–Trinajstić information content (AvgIpc) is 2.49. The summed E-state index contributed by atoms with van der Waals surface area (Å²) in [5.41, 5.74) is 8.06. The summed E-state index contributed by atoms with van der Waals surface area (Å²) in [7, 11) is 1.67. The van der Waals surface area contributed by atoms with Gasteiger partial charge in [0.2, 0.25) is 0 Å². The van der Waals surface area contributed by atoms with Gasteiger partial charge in [-0.1, -0.05) is 51.2 Å². The van der Waals surface area contributed by atoms with Gasteiger partial charge in [-0.05, 0) is 30.5 Å². The second-order valence-corrected chi connectivity index (χ2v) is 5.84. The van der Waals surface area contributed by atoms with Crippen molar-refractivity contribution in [2.45, 2.75) is 64.4 Å². The van der Waals surface area contributed by atoms with Crippen LogP contribution in [-0.2, 0) is 0 Å². The minimum atomic E-state index is -0.371. The molecule has 0 amide bonds. The lowest BCUT2D eigenvalue weighted by atomic mass is 9.89. The molecule has 2 unspecified atom stereocenters. The van der Waals surface area contributed by atoms with E-state index in [0.29, 0.717) is 6.54 Å². The SMILES string of the molecule is CCCCCCCC(O)C(CN)c1ccc(C)c(OC)c1. The molecule has 3 nitrogen and oxygen atoms in total. The zero-order valence-electron chi connectivity index (χ0n) is 13.8. The van der Waals surface area contributed by atoms with E-state index in [1.165, 1.54) is 25.7 Å². The molecule has 0 fully saturated rings. The predicted molar refractivity (Wildman–Crippen MR) is 88.9 cm³/mol. The number of aryl methyl sites for hydroxylation is 1. The van der Waals surface area contributed by atoms with Crippen molar-refractivity contribution in [1.29, 1.82) is 0 Å². The molecule has 3 heteroatoms. The van der Waals surface area contributed by atoms with Gasteiger partial charge in [-0.25, -0.2) is 0 Å². The minimum Gasteiger partial charge on any atom is -0.496 e. The molecular formula is C18H31NO2. The Hall–Kier alpha value is -1.06. The maximum absolute atomic E-state index is 10.4. The number of methoxy groups -OCH3 is 1. The Morgan fingerprint density at radius 2 is 1.90 bits per heavy atom. The lowest BCUT2D eigenvalue weighted by molar-refractivity contribution is 0.132. The summed E-state index contributed by atoms with van der Waals surface area (Å²) < 4.78 is 5.36. The highest BCUT2D eigenvalue weighted by atomic mass is 16.5. The van der Waals surface area contributed by atoms with Crippen molar-refractivity contribution >= 4 is 0 Å². The summed E-state index contributed by atoms with van der Waals surface area (Å²) in [6, 6.07) is 6.09. The monoisotopic (exact) mass is 293 g/mol. The van der Waals surface area contributed by atoms with Crippen LogP contribution in [0, 0.1) is 6.92 Å². The van der Waals surface area contributed by atoms with Gasteiger partial charge in [-0.3, -0.25) is 0 Å². The van der Waals surface area contributed by atoms with E-state index < -0.39 is 0 Å². The third kappa shape index (κ3) is 5.68. The van der Waals surface area contributed by atoms with Crippen LogP contribution >= 0.6 is 0 Å². The van der Waals surface area contributed by atoms with E-state index in [9.17, 15) is 5.11 Å². The molecule has 1 aromatic rings. The van der Waals surface area contributed by atoms with Gasteiger partial charge >= 0.3 is 0 Å². The first kappa shape index (κ1) is 18.0. The molecule has 0 saturated heterocycles. The molecule has 0 aromatic heterocycles. The number of unbranched alkanes of at least 4 members (excludes halogenated alkanes) is 4. The normalized spacial score (nSPS) is 14.0. The summed E-state index contributed by atoms with van der Waals surface area (Å²) >= 11 is 0. The number of aliphatic hydroxyl groups is 1. The van der Waals surface area contributed by atoms with Crippen molar-refractivity contribution in [1.82, 2.24) is 0 Å². The van der Waals surface area contributed by atoms with E-state index in [1.807, 2.05) is 19.1 Å². The quantitative estimate of drug-likeness (QED) is 0.646. The molecular weight excluding hydrogens is 262 g/mol. The highest BCUT2D eigenvalue weighted by Gasteiger charge is 2.20. The molecule has 21 heavy (non-hydrogen) atoms. The fraction of sp³-hybridized carbons (Fsp3) is 0.667. The molecule has 0 aliphatic heterocycles. The van der Waals surface area contributed by atoms with Crippen LogP contribution in [0.1, 0.15) is 62.5 Å². The van der Waals surface area contributed by atoms with E-state index in [2.05, 4.69) is 13.0 Å². The largest absolute Gasteiger partial charge is 0.496 e. The van der Waals surface area contributed by atoms with E-state index in [4.69, 9.17) is 10.5 Å². The number of rotatable bonds is 10. The summed E-state index contributed by atoms with van der Waals surface area (Å²) in [5.74, 6) is 0.853. The van der Waals surface area contributed by atoms with E-state index in [1.54, 1.807) is 7.11 Å². The number of hydrogen-bond donors (Lipinski definition) is 2. The number of nitrogens with two attached hydrogens (primary N) is 1. The topological polar surface area (TPSA) is 55.5 Å². The second-order valence-electron chi connectivity index (χ2n) is 5.84. The molecule has 0 aliphatic rings. The van der Waals surface area contributed by atoms with Crippen LogP contribution in [-0.4, -0.2) is 24.9 Å². The van der Waals surface area contributed by atoms with Crippen molar-refractivity contribution < 1.29 is 9.84 Å². The second kappa shape index (κ2) is 9.80. The molecule has 120 valence electrons. The van der Waals surface area contributed by atoms with Crippen LogP contribution in [0.4, 0.5) is 0 Å². The maximum Gasteiger partial charge on any atom is 0.122 e. The summed E-state index contributed by atoms with van der Waals surface area (Å²) in [6.45, 7) is 4.69. The molecule has 1 rings (SSSR count). The summed E-state index contributed by atoms with van der Waals surface area (Å²) in [5, 5.41) is 10.4. The van der Waals surface area contributed by atoms with Crippen molar-refractivity contribution in [2.24, 2.45) is 5.73 Å². The van der Waals surface area contributed by atoms with Gasteiger partial charge in [-0.15, -0.1) is 0 Å². The Labute approximate surface area is 129 Å². The minimum absolute atomic E-state index is 0.00863. The number of benzene rings is 1. The molecule has 0 spiro atoms. The predicted octanol–water partition coefficient (Wildman–Crippen LogP) is 3.77. The van der Waals surface area contributed by atoms with Gasteiger partial charge < -0.3 is 15.6 Å². The molecule has 0 bridgehead atoms. The first-order chi connectivity index (χ1) is 10.1. The van der Waals surface area contributed by atoms with E-state index in [0.717, 1.165) is 29.7 Å². The summed E-state index contributed by atoms with van der Waals surface area (Å²) in [6.07, 6.45) is 6.50. The third-order valence-corrected chi connectivity index (χ3v) is 4.18. The van der Waals surface area contributed by atoms with Gasteiger partial charge in [0.15, 0.2) is 0 Å². The highest BCUT2D eigenvalue weighted by molar-refractivity contribution is 5.38. The Morgan fingerprint density at radius 1 is 1.19 bits per heavy atom. The van der Waals surface area contributed by atoms with Gasteiger partial charge in [-0.2, -0.15) is 0 Å². The van der Waals surface area contributed by atoms with Gasteiger partial charge in [0, 0.05) is 12.5 Å². The molecule has 0 radical (unpaired) electrons. The van der Waals surface area contributed by atoms with Gasteiger partial charge in [0.1, 0.15) is 5.75 Å². The number of ether oxygens (including phenoxy) is 1. The fourth-order valence-corrected chi connectivity index (χ4v) is 2.74. The molecule has 2 atom stereocenters. The Morgan fingerprint density at radius 3 is 2.52 bits per heavy atom. The van der Waals surface area contributed by atoms with Crippen molar-refractivity contribution in [3.05, 3.63) is 29.3 Å². The fourth-order valence-electron chi connectivity index (χ4n) is 2.74. The zero-order valence-corrected chi connectivity index (χ0v) is 13.8. The molecule has 0 heterocycles. The Bertz CT molecular complexity index is 406. The molecule has 0 saturated carbocycles. The maximum atomic E-state index is 10.4. The van der Waals surface area contributed by atoms with Crippen LogP contribution in [0.25, 0.3) is 0 Å². The molecule has 1 aromatic carbocycles. The highest BCUT2D eigenvalue weighted by Crippen LogP contribution is 2.27. The van der Waals surface area contributed by atoms with Crippen LogP contribution in [0.3, 0.4) is 0 Å². The lowest BCUT2D eigenvalue weighted by Gasteiger charge is -2.23. The zero-order chi connectivity index (χ0) is 15.7. The van der Waals surface area contributed by atoms with Crippen molar-refractivity contribution in [2.75, 3.05) is 13.7 Å². The van der Waals surface area contributed by atoms with Crippen LogP contribution in [0.2, 0.25) is 0 Å². The average molecular weight is 293 g/mol. The Balaban J connectivity index is 2.60. The van der Waals surface area contributed by atoms with Gasteiger partial charge in [0.25, 0.3) is 0 Å². The standard InChI is InChI=1S/C18H31NO2/c1-4-5-6-7-8-9-17(20)16(13-19)15-11-10-14(2)18(12-15)21-3/h10-12,16-17,20H,4-9,13,19H2,1-3H3. The first-order valence-electron chi connectivity index (χ1n) is 8.16. The number of hydrogen-bond acceptors (Lipinski definition) is 3. The van der Waals surface area contributed by atoms with Crippen LogP contribution in [0.15, 0.2) is 18.2 Å². The van der Waals surface area contributed by atoms with Crippen molar-refractivity contribution in [3.8, 4) is 5.75 Å². The summed E-state index contributed by atoms with van der Waals surface area (Å²) in [4.78, 5) is 0. The van der Waals surface area contributed by atoms with E-state index >= 15 is 0 Å². The molecule has 3 N–H and O–H groups in total. The van der Waals surface area contributed by atoms with Gasteiger partial charge in [0.05, 0.1) is 13.2 Å². The van der Waals surface area contributed by atoms with Crippen LogP contribution in [0.5, 0.6) is 5.75 Å². The van der Waals surface area contributed by atoms with Crippen molar-refractivity contribution in [3.63, 3.8) is 0 Å². The number of aliphatic hydroxyl groups excluding tert-OH is 1. The first-order valence-corrected chi connectivity index (χ1v) is 8.16. The van der Waals surface area contributed by atoms with E-state index in [-0.39, 0.29) is 12.0 Å². The lowest BCUT2D eigenvalue weighted by Crippen LogP contribution is -2.26.